The van der Waals surface area contributed by atoms with Gasteiger partial charge in [0.05, 0.1) is 16.9 Å². The van der Waals surface area contributed by atoms with Crippen LogP contribution >= 0.6 is 11.8 Å². The van der Waals surface area contributed by atoms with Crippen LogP contribution in [0.2, 0.25) is 0 Å². The molecule has 0 saturated heterocycles. The summed E-state index contributed by atoms with van der Waals surface area (Å²) in [5.74, 6) is 0.439. The fraction of sp³-hybridized carbons (Fsp3) is 0.118. The SMILES string of the molecule is C[C@H](Sc1n[nH]c(-c2ccncc2)n1)C(=O)Nc1cccc(C#N)c1. The summed E-state index contributed by atoms with van der Waals surface area (Å²) in [5.41, 5.74) is 1.96. The molecule has 0 bridgehead atoms. The van der Waals surface area contributed by atoms with Crippen molar-refractivity contribution in [3.05, 3.63) is 54.4 Å². The summed E-state index contributed by atoms with van der Waals surface area (Å²) >= 11 is 1.25. The fourth-order valence-electron chi connectivity index (χ4n) is 2.06. The van der Waals surface area contributed by atoms with E-state index in [2.05, 4.69) is 25.5 Å². The lowest BCUT2D eigenvalue weighted by Gasteiger charge is -2.10. The van der Waals surface area contributed by atoms with Gasteiger partial charge in [0.15, 0.2) is 5.82 Å². The lowest BCUT2D eigenvalue weighted by atomic mass is 10.2. The Kier molecular flexibility index (Phi) is 5.06. The van der Waals surface area contributed by atoms with Gasteiger partial charge in [-0.25, -0.2) is 4.98 Å². The highest BCUT2D eigenvalue weighted by Gasteiger charge is 2.17. The molecule has 7 nitrogen and oxygen atoms in total. The highest BCUT2D eigenvalue weighted by Crippen LogP contribution is 2.23. The highest BCUT2D eigenvalue weighted by atomic mass is 32.2. The summed E-state index contributed by atoms with van der Waals surface area (Å²) in [7, 11) is 0. The van der Waals surface area contributed by atoms with E-state index < -0.39 is 5.25 Å². The molecule has 8 heteroatoms. The zero-order chi connectivity index (χ0) is 17.6. The molecule has 0 aliphatic heterocycles. The van der Waals surface area contributed by atoms with Crippen molar-refractivity contribution in [2.45, 2.75) is 17.3 Å². The topological polar surface area (TPSA) is 107 Å². The van der Waals surface area contributed by atoms with Crippen molar-refractivity contribution >= 4 is 23.4 Å². The Morgan fingerprint density at radius 2 is 2.12 bits per heavy atom. The first-order valence-electron chi connectivity index (χ1n) is 7.46. The van der Waals surface area contributed by atoms with Crippen LogP contribution < -0.4 is 5.32 Å². The summed E-state index contributed by atoms with van der Waals surface area (Å²) in [6.45, 7) is 1.77. The van der Waals surface area contributed by atoms with Crippen LogP contribution in [-0.2, 0) is 4.79 Å². The molecule has 0 aliphatic rings. The van der Waals surface area contributed by atoms with Crippen LogP contribution in [0.4, 0.5) is 5.69 Å². The minimum absolute atomic E-state index is 0.185. The number of carbonyl (C=O) groups excluding carboxylic acids is 1. The molecule has 3 rings (SSSR count). The first-order valence-corrected chi connectivity index (χ1v) is 8.34. The fourth-order valence-corrected chi connectivity index (χ4v) is 2.78. The maximum atomic E-state index is 12.3. The van der Waals surface area contributed by atoms with E-state index in [1.807, 2.05) is 18.2 Å². The molecule has 0 saturated carbocycles. The minimum Gasteiger partial charge on any atom is -0.325 e. The Labute approximate surface area is 148 Å². The summed E-state index contributed by atoms with van der Waals surface area (Å²) in [4.78, 5) is 20.6. The number of hydrogen-bond acceptors (Lipinski definition) is 6. The van der Waals surface area contributed by atoms with Gasteiger partial charge in [-0.05, 0) is 37.3 Å². The summed E-state index contributed by atoms with van der Waals surface area (Å²) < 4.78 is 0. The van der Waals surface area contributed by atoms with Crippen molar-refractivity contribution in [1.82, 2.24) is 20.2 Å². The van der Waals surface area contributed by atoms with Crippen molar-refractivity contribution in [3.8, 4) is 17.5 Å². The van der Waals surface area contributed by atoms with E-state index in [1.54, 1.807) is 43.6 Å². The van der Waals surface area contributed by atoms with E-state index in [-0.39, 0.29) is 5.91 Å². The molecule has 2 N–H and O–H groups in total. The van der Waals surface area contributed by atoms with E-state index in [0.717, 1.165) is 5.56 Å². The van der Waals surface area contributed by atoms with Gasteiger partial charge in [-0.2, -0.15) is 5.26 Å². The smallest absolute Gasteiger partial charge is 0.237 e. The van der Waals surface area contributed by atoms with Crippen molar-refractivity contribution in [1.29, 1.82) is 5.26 Å². The Hall–Kier alpha value is -3.18. The van der Waals surface area contributed by atoms with E-state index >= 15 is 0 Å². The van der Waals surface area contributed by atoms with E-state index in [4.69, 9.17) is 5.26 Å². The number of thioether (sulfide) groups is 1. The average molecular weight is 350 g/mol. The molecule has 1 atom stereocenters. The molecule has 25 heavy (non-hydrogen) atoms. The first-order chi connectivity index (χ1) is 12.2. The molecule has 0 spiro atoms. The van der Waals surface area contributed by atoms with Crippen molar-refractivity contribution in [2.24, 2.45) is 0 Å². The second-order valence-corrected chi connectivity index (χ2v) is 6.45. The van der Waals surface area contributed by atoms with Crippen LogP contribution in [0, 0.1) is 11.3 Å². The lowest BCUT2D eigenvalue weighted by molar-refractivity contribution is -0.115. The molecule has 0 unspecified atom stereocenters. The zero-order valence-electron chi connectivity index (χ0n) is 13.3. The number of anilines is 1. The third-order valence-electron chi connectivity index (χ3n) is 3.33. The van der Waals surface area contributed by atoms with E-state index in [9.17, 15) is 4.79 Å². The van der Waals surface area contributed by atoms with Crippen LogP contribution in [0.5, 0.6) is 0 Å². The summed E-state index contributed by atoms with van der Waals surface area (Å²) in [6, 6.07) is 12.5. The van der Waals surface area contributed by atoms with Gasteiger partial charge in [0, 0.05) is 23.6 Å². The van der Waals surface area contributed by atoms with Gasteiger partial charge in [0.25, 0.3) is 0 Å². The van der Waals surface area contributed by atoms with Crippen molar-refractivity contribution in [2.75, 3.05) is 5.32 Å². The number of amides is 1. The molecule has 3 aromatic rings. The lowest BCUT2D eigenvalue weighted by Crippen LogP contribution is -2.22. The maximum Gasteiger partial charge on any atom is 0.237 e. The van der Waals surface area contributed by atoms with Crippen LogP contribution in [0.1, 0.15) is 12.5 Å². The minimum atomic E-state index is -0.396. The first kappa shape index (κ1) is 16.7. The number of nitriles is 1. The Morgan fingerprint density at radius 1 is 1.32 bits per heavy atom. The number of aromatic nitrogens is 4. The number of nitrogens with one attached hydrogen (secondary N) is 2. The molecule has 2 heterocycles. The number of pyridine rings is 1. The monoisotopic (exact) mass is 350 g/mol. The van der Waals surface area contributed by atoms with Crippen molar-refractivity contribution < 1.29 is 4.79 Å². The average Bonchev–Trinajstić information content (AvgIpc) is 3.11. The summed E-state index contributed by atoms with van der Waals surface area (Å²) in [6.07, 6.45) is 3.35. The van der Waals surface area contributed by atoms with E-state index in [0.29, 0.717) is 22.2 Å². The number of rotatable bonds is 5. The second-order valence-electron chi connectivity index (χ2n) is 5.14. The van der Waals surface area contributed by atoms with Gasteiger partial charge in [-0.1, -0.05) is 17.8 Å². The van der Waals surface area contributed by atoms with Crippen LogP contribution in [0.15, 0.2) is 53.9 Å². The zero-order valence-corrected chi connectivity index (χ0v) is 14.1. The van der Waals surface area contributed by atoms with Gasteiger partial charge in [0.2, 0.25) is 11.1 Å². The molecule has 1 aromatic carbocycles. The predicted molar refractivity (Wildman–Crippen MR) is 94.7 cm³/mol. The van der Waals surface area contributed by atoms with Crippen molar-refractivity contribution in [3.63, 3.8) is 0 Å². The van der Waals surface area contributed by atoms with Crippen LogP contribution in [0.3, 0.4) is 0 Å². The Bertz CT molecular complexity index is 918. The largest absolute Gasteiger partial charge is 0.325 e. The number of benzene rings is 1. The van der Waals surface area contributed by atoms with Crippen LogP contribution in [0.25, 0.3) is 11.4 Å². The molecule has 124 valence electrons. The number of hydrogen-bond donors (Lipinski definition) is 2. The Morgan fingerprint density at radius 3 is 2.88 bits per heavy atom. The maximum absolute atomic E-state index is 12.3. The molecular weight excluding hydrogens is 336 g/mol. The number of aromatic amines is 1. The second kappa shape index (κ2) is 7.59. The third kappa shape index (κ3) is 4.22. The summed E-state index contributed by atoms with van der Waals surface area (Å²) in [5, 5.41) is 18.8. The number of carbonyl (C=O) groups is 1. The Balaban J connectivity index is 1.64. The molecule has 1 amide bonds. The molecule has 0 aliphatic carbocycles. The quantitative estimate of drug-likeness (QED) is 0.685. The molecule has 0 radical (unpaired) electrons. The van der Waals surface area contributed by atoms with Gasteiger partial charge >= 0.3 is 0 Å². The third-order valence-corrected chi connectivity index (χ3v) is 4.29. The molecule has 0 fully saturated rings. The van der Waals surface area contributed by atoms with Gasteiger partial charge in [-0.3, -0.25) is 14.9 Å². The normalized spacial score (nSPS) is 11.5. The highest BCUT2D eigenvalue weighted by molar-refractivity contribution is 8.00. The predicted octanol–water partition coefficient (Wildman–Crippen LogP) is 2.86. The molecular formula is C17H14N6OS. The van der Waals surface area contributed by atoms with Gasteiger partial charge in [0.1, 0.15) is 0 Å². The number of nitrogens with zero attached hydrogens (tertiary/aromatic N) is 4. The van der Waals surface area contributed by atoms with Gasteiger partial charge < -0.3 is 5.32 Å². The molecule has 2 aromatic heterocycles. The van der Waals surface area contributed by atoms with Crippen LogP contribution in [-0.4, -0.2) is 31.3 Å². The van der Waals surface area contributed by atoms with E-state index in [1.165, 1.54) is 11.8 Å². The standard InChI is InChI=1S/C17H14N6OS/c1-11(16(24)20-14-4-2-3-12(9-14)10-18)25-17-21-15(22-23-17)13-5-7-19-8-6-13/h2-9,11H,1H3,(H,20,24)(H,21,22,23)/t11-/m0/s1. The van der Waals surface area contributed by atoms with Gasteiger partial charge in [-0.15, -0.1) is 5.10 Å². The number of H-pyrrole nitrogens is 1.